The van der Waals surface area contributed by atoms with E-state index in [9.17, 15) is 8.42 Å². The van der Waals surface area contributed by atoms with Crippen LogP contribution in [0.3, 0.4) is 0 Å². The average Bonchev–Trinajstić information content (AvgIpc) is 2.82. The number of hydrogen-bond donors (Lipinski definition) is 2. The van der Waals surface area contributed by atoms with Gasteiger partial charge in [0.05, 0.1) is 30.2 Å². The van der Waals surface area contributed by atoms with Crippen LogP contribution in [-0.4, -0.2) is 81.7 Å². The second kappa shape index (κ2) is 11.3. The van der Waals surface area contributed by atoms with E-state index in [1.54, 1.807) is 6.07 Å². The summed E-state index contributed by atoms with van der Waals surface area (Å²) >= 11 is 0. The molecule has 1 aromatic heterocycles. The highest BCUT2D eigenvalue weighted by atomic mass is 32.2. The molecule has 0 radical (unpaired) electrons. The molecule has 2 heterocycles. The number of anilines is 2. The lowest BCUT2D eigenvalue weighted by Gasteiger charge is -2.26. The Morgan fingerprint density at radius 3 is 2.69 bits per heavy atom. The number of aromatic nitrogens is 2. The molecule has 35 heavy (non-hydrogen) atoms. The van der Waals surface area contributed by atoms with E-state index < -0.39 is 10.0 Å². The van der Waals surface area contributed by atoms with Crippen LogP contribution >= 0.6 is 0 Å². The Morgan fingerprint density at radius 1 is 1.14 bits per heavy atom. The van der Waals surface area contributed by atoms with E-state index in [1.807, 2.05) is 37.2 Å². The lowest BCUT2D eigenvalue weighted by molar-refractivity contribution is 0.0358. The van der Waals surface area contributed by atoms with Gasteiger partial charge in [-0.3, -0.25) is 4.90 Å². The molecule has 3 aromatic rings. The van der Waals surface area contributed by atoms with Gasteiger partial charge in [-0.15, -0.1) is 0 Å². The zero-order chi connectivity index (χ0) is 24.8. The van der Waals surface area contributed by atoms with Crippen molar-refractivity contribution in [3.63, 3.8) is 0 Å². The molecule has 0 saturated carbocycles. The van der Waals surface area contributed by atoms with Gasteiger partial charge in [-0.05, 0) is 50.3 Å². The first-order valence-corrected chi connectivity index (χ1v) is 13.1. The molecule has 1 aliphatic rings. The number of nitrogens with one attached hydrogen (secondary N) is 1. The molecule has 0 aliphatic carbocycles. The van der Waals surface area contributed by atoms with Gasteiger partial charge in [0, 0.05) is 43.3 Å². The van der Waals surface area contributed by atoms with Crippen LogP contribution in [0, 0.1) is 0 Å². The predicted octanol–water partition coefficient (Wildman–Crippen LogP) is 2.18. The lowest BCUT2D eigenvalue weighted by atomic mass is 10.1. The number of sulfonamides is 1. The van der Waals surface area contributed by atoms with Crippen molar-refractivity contribution >= 4 is 32.4 Å². The van der Waals surface area contributed by atoms with E-state index >= 15 is 0 Å². The Kier molecular flexibility index (Phi) is 8.14. The Balaban J connectivity index is 1.50. The minimum absolute atomic E-state index is 0.0358. The molecular formula is C24H32N6O4S. The molecule has 1 fully saturated rings. The first-order chi connectivity index (χ1) is 16.8. The Bertz CT molecular complexity index is 1260. The molecule has 0 spiro atoms. The maximum atomic E-state index is 11.9. The van der Waals surface area contributed by atoms with Gasteiger partial charge in [0.15, 0.2) is 0 Å². The third-order valence-electron chi connectivity index (χ3n) is 5.75. The third kappa shape index (κ3) is 6.86. The molecule has 4 rings (SSSR count). The summed E-state index contributed by atoms with van der Waals surface area (Å²) in [6.45, 7) is 5.75. The van der Waals surface area contributed by atoms with Crippen LogP contribution in [0.2, 0.25) is 0 Å². The molecule has 0 atom stereocenters. The van der Waals surface area contributed by atoms with Crippen LogP contribution in [0.4, 0.5) is 11.5 Å². The zero-order valence-electron chi connectivity index (χ0n) is 20.1. The SMILES string of the molecule is CN(C)Cc1ccc(S(N)(=O)=O)cc1Nc1ncnc2cc(OCCCN3CCOCC3)ccc12. The van der Waals surface area contributed by atoms with Gasteiger partial charge in [0.2, 0.25) is 10.0 Å². The Morgan fingerprint density at radius 2 is 1.94 bits per heavy atom. The third-order valence-corrected chi connectivity index (χ3v) is 6.66. The van der Waals surface area contributed by atoms with E-state index in [4.69, 9.17) is 14.6 Å². The first kappa shape index (κ1) is 25.3. The maximum Gasteiger partial charge on any atom is 0.238 e. The average molecular weight is 501 g/mol. The summed E-state index contributed by atoms with van der Waals surface area (Å²) in [5, 5.41) is 9.44. The fourth-order valence-electron chi connectivity index (χ4n) is 3.98. The minimum Gasteiger partial charge on any atom is -0.493 e. The van der Waals surface area contributed by atoms with E-state index in [0.717, 1.165) is 61.5 Å². The number of morpholine rings is 1. The van der Waals surface area contributed by atoms with Crippen LogP contribution in [0.15, 0.2) is 47.6 Å². The quantitative estimate of drug-likeness (QED) is 0.403. The van der Waals surface area contributed by atoms with Crippen molar-refractivity contribution < 1.29 is 17.9 Å². The van der Waals surface area contributed by atoms with E-state index in [1.165, 1.54) is 18.5 Å². The van der Waals surface area contributed by atoms with Crippen LogP contribution in [0.25, 0.3) is 10.9 Å². The summed E-state index contributed by atoms with van der Waals surface area (Å²) < 4.78 is 35.2. The van der Waals surface area contributed by atoms with Gasteiger partial charge in [-0.25, -0.2) is 23.5 Å². The molecule has 0 bridgehead atoms. The highest BCUT2D eigenvalue weighted by Crippen LogP contribution is 2.29. The molecule has 1 aliphatic heterocycles. The largest absolute Gasteiger partial charge is 0.493 e. The van der Waals surface area contributed by atoms with E-state index in [2.05, 4.69) is 20.2 Å². The number of nitrogens with zero attached hydrogens (tertiary/aromatic N) is 4. The molecule has 10 nitrogen and oxygen atoms in total. The lowest BCUT2D eigenvalue weighted by Crippen LogP contribution is -2.37. The molecule has 11 heteroatoms. The van der Waals surface area contributed by atoms with Crippen molar-refractivity contribution in [2.75, 3.05) is 58.9 Å². The van der Waals surface area contributed by atoms with Gasteiger partial charge in [-0.1, -0.05) is 6.07 Å². The molecular weight excluding hydrogens is 468 g/mol. The van der Waals surface area contributed by atoms with Gasteiger partial charge in [0.25, 0.3) is 0 Å². The highest BCUT2D eigenvalue weighted by molar-refractivity contribution is 7.89. The van der Waals surface area contributed by atoms with Crippen molar-refractivity contribution in [2.24, 2.45) is 5.14 Å². The minimum atomic E-state index is -3.84. The molecule has 2 aromatic carbocycles. The second-order valence-electron chi connectivity index (χ2n) is 8.78. The van der Waals surface area contributed by atoms with Crippen molar-refractivity contribution in [3.05, 3.63) is 48.3 Å². The summed E-state index contributed by atoms with van der Waals surface area (Å²) in [7, 11) is 0.0472. The molecule has 188 valence electrons. The fraction of sp³-hybridized carbons (Fsp3) is 0.417. The van der Waals surface area contributed by atoms with Crippen molar-refractivity contribution in [2.45, 2.75) is 17.9 Å². The van der Waals surface area contributed by atoms with Gasteiger partial charge >= 0.3 is 0 Å². The maximum absolute atomic E-state index is 11.9. The Labute approximate surface area is 206 Å². The molecule has 0 amide bonds. The molecule has 3 N–H and O–H groups in total. The smallest absolute Gasteiger partial charge is 0.238 e. The number of ether oxygens (including phenoxy) is 2. The zero-order valence-corrected chi connectivity index (χ0v) is 20.9. The summed E-state index contributed by atoms with van der Waals surface area (Å²) in [6, 6.07) is 10.5. The summed E-state index contributed by atoms with van der Waals surface area (Å²) in [4.78, 5) is 13.2. The second-order valence-corrected chi connectivity index (χ2v) is 10.3. The predicted molar refractivity (Wildman–Crippen MR) is 135 cm³/mol. The summed E-state index contributed by atoms with van der Waals surface area (Å²) in [5.74, 6) is 1.31. The standard InChI is InChI=1S/C24H32N6O4S/c1-29(2)16-18-4-6-20(35(25,31)32)15-22(18)28-24-21-7-5-19(14-23(21)26-17-27-24)34-11-3-8-30-9-12-33-13-10-30/h4-7,14-15,17H,3,8-13,16H2,1-2H3,(H2,25,31,32)(H,26,27,28). The van der Waals surface area contributed by atoms with Crippen molar-refractivity contribution in [1.82, 2.24) is 19.8 Å². The number of hydrogen-bond acceptors (Lipinski definition) is 9. The van der Waals surface area contributed by atoms with Crippen molar-refractivity contribution in [3.8, 4) is 5.75 Å². The first-order valence-electron chi connectivity index (χ1n) is 11.5. The van der Waals surface area contributed by atoms with Crippen LogP contribution in [0.5, 0.6) is 5.75 Å². The number of benzene rings is 2. The van der Waals surface area contributed by atoms with Crippen molar-refractivity contribution in [1.29, 1.82) is 0 Å². The highest BCUT2D eigenvalue weighted by Gasteiger charge is 2.15. The summed E-state index contributed by atoms with van der Waals surface area (Å²) in [5.41, 5.74) is 2.26. The van der Waals surface area contributed by atoms with Crippen LogP contribution < -0.4 is 15.2 Å². The number of rotatable bonds is 10. The van der Waals surface area contributed by atoms with Crippen LogP contribution in [0.1, 0.15) is 12.0 Å². The van der Waals surface area contributed by atoms with Gasteiger partial charge in [-0.2, -0.15) is 0 Å². The molecule has 0 unspecified atom stereocenters. The number of fused-ring (bicyclic) bond motifs is 1. The monoisotopic (exact) mass is 500 g/mol. The van der Waals surface area contributed by atoms with Gasteiger partial charge < -0.3 is 19.7 Å². The molecule has 1 saturated heterocycles. The normalized spacial score (nSPS) is 15.0. The number of nitrogens with two attached hydrogens (primary N) is 1. The Hall–Kier alpha value is -2.83. The topological polar surface area (TPSA) is 123 Å². The fourth-order valence-corrected chi connectivity index (χ4v) is 4.52. The van der Waals surface area contributed by atoms with E-state index in [-0.39, 0.29) is 4.90 Å². The van der Waals surface area contributed by atoms with E-state index in [0.29, 0.717) is 24.7 Å². The number of primary sulfonamides is 1. The van der Waals surface area contributed by atoms with Gasteiger partial charge in [0.1, 0.15) is 17.9 Å². The van der Waals surface area contributed by atoms with Crippen LogP contribution in [-0.2, 0) is 21.3 Å². The summed E-state index contributed by atoms with van der Waals surface area (Å²) in [6.07, 6.45) is 2.41.